The first kappa shape index (κ1) is 21.1. The van der Waals surface area contributed by atoms with Crippen LogP contribution in [0.2, 0.25) is 0 Å². The number of hydrogen-bond acceptors (Lipinski definition) is 4. The van der Waals surface area contributed by atoms with Crippen molar-refractivity contribution in [2.45, 2.75) is 59.4 Å². The van der Waals surface area contributed by atoms with Crippen LogP contribution in [0.25, 0.3) is 0 Å². The van der Waals surface area contributed by atoms with Crippen LogP contribution in [0, 0.1) is 17.3 Å². The number of carbonyl (C=O) groups excluding carboxylic acids is 1. The first-order chi connectivity index (χ1) is 12.9. The van der Waals surface area contributed by atoms with E-state index < -0.39 is 0 Å². The number of piperazine rings is 1. The molecular weight excluding hydrogens is 336 g/mol. The number of nitrogens with one attached hydrogen (secondary N) is 1. The Morgan fingerprint density at radius 3 is 2.11 bits per heavy atom. The summed E-state index contributed by atoms with van der Waals surface area (Å²) >= 11 is 0. The molecule has 2 saturated heterocycles. The lowest BCUT2D eigenvalue weighted by atomic mass is 9.90. The minimum atomic E-state index is 0.106. The lowest BCUT2D eigenvalue weighted by Gasteiger charge is -2.37. The van der Waals surface area contributed by atoms with Crippen molar-refractivity contribution in [3.05, 3.63) is 0 Å². The van der Waals surface area contributed by atoms with Crippen molar-refractivity contribution in [2.75, 3.05) is 58.9 Å². The van der Waals surface area contributed by atoms with Gasteiger partial charge in [0.2, 0.25) is 5.91 Å². The molecule has 2 aliphatic heterocycles. The molecule has 3 fully saturated rings. The minimum absolute atomic E-state index is 0.106. The Hall–Kier alpha value is -0.650. The normalized spacial score (nSPS) is 26.8. The van der Waals surface area contributed by atoms with E-state index in [1.165, 1.54) is 78.0 Å². The smallest absolute Gasteiger partial charge is 0.222 e. The van der Waals surface area contributed by atoms with Crippen LogP contribution in [0.4, 0.5) is 0 Å². The van der Waals surface area contributed by atoms with Crippen molar-refractivity contribution in [1.29, 1.82) is 0 Å². The fourth-order valence-electron chi connectivity index (χ4n) is 5.00. The highest BCUT2D eigenvalue weighted by Gasteiger charge is 2.54. The number of likely N-dealkylation sites (tertiary alicyclic amines) is 1. The molecule has 1 atom stereocenters. The topological polar surface area (TPSA) is 38.8 Å². The highest BCUT2D eigenvalue weighted by atomic mass is 16.1. The fraction of sp³-hybridized carbons (Fsp3) is 0.955. The van der Waals surface area contributed by atoms with Crippen molar-refractivity contribution in [1.82, 2.24) is 20.0 Å². The maximum Gasteiger partial charge on any atom is 0.222 e. The summed E-state index contributed by atoms with van der Waals surface area (Å²) in [5, 5.41) is 3.15. The van der Waals surface area contributed by atoms with Crippen LogP contribution in [-0.4, -0.2) is 85.6 Å². The Morgan fingerprint density at radius 1 is 0.963 bits per heavy atom. The van der Waals surface area contributed by atoms with Gasteiger partial charge >= 0.3 is 0 Å². The Bertz CT molecular complexity index is 477. The summed E-state index contributed by atoms with van der Waals surface area (Å²) in [5.41, 5.74) is 0.563. The lowest BCUT2D eigenvalue weighted by molar-refractivity contribution is -0.124. The molecule has 1 saturated carbocycles. The number of hydrogen-bond donors (Lipinski definition) is 1. The Morgan fingerprint density at radius 2 is 1.56 bits per heavy atom. The van der Waals surface area contributed by atoms with Crippen LogP contribution in [-0.2, 0) is 4.79 Å². The summed E-state index contributed by atoms with van der Waals surface area (Å²) < 4.78 is 0. The quantitative estimate of drug-likeness (QED) is 0.703. The molecule has 1 unspecified atom stereocenters. The molecule has 1 amide bonds. The third-order valence-electron chi connectivity index (χ3n) is 7.34. The van der Waals surface area contributed by atoms with Gasteiger partial charge in [0.15, 0.2) is 0 Å². The van der Waals surface area contributed by atoms with E-state index in [0.29, 0.717) is 11.5 Å². The zero-order valence-electron chi connectivity index (χ0n) is 18.2. The maximum atomic E-state index is 11.8. The Balaban J connectivity index is 1.26. The van der Waals surface area contributed by atoms with Gasteiger partial charge in [0.05, 0.1) is 0 Å². The van der Waals surface area contributed by atoms with Gasteiger partial charge in [0.25, 0.3) is 0 Å². The Kier molecular flexibility index (Phi) is 7.20. The molecule has 5 nitrogen and oxygen atoms in total. The van der Waals surface area contributed by atoms with E-state index in [1.807, 2.05) is 13.8 Å². The van der Waals surface area contributed by atoms with Crippen molar-refractivity contribution >= 4 is 5.91 Å². The molecule has 2 heterocycles. The molecule has 5 heteroatoms. The van der Waals surface area contributed by atoms with Crippen molar-refractivity contribution in [3.63, 3.8) is 0 Å². The number of carbonyl (C=O) groups is 1. The molecule has 1 spiro atoms. The SMILES string of the molecule is CC(C)C(=O)NCC1CC12CCN(CCCN1CCN(C(C)C)CC1)CC2. The molecular formula is C22H42N4O. The minimum Gasteiger partial charge on any atom is -0.356 e. The van der Waals surface area contributed by atoms with Crippen LogP contribution in [0.15, 0.2) is 0 Å². The van der Waals surface area contributed by atoms with Crippen molar-refractivity contribution in [3.8, 4) is 0 Å². The van der Waals surface area contributed by atoms with Crippen molar-refractivity contribution < 1.29 is 4.79 Å². The van der Waals surface area contributed by atoms with Gasteiger partial charge in [0, 0.05) is 44.7 Å². The average Bonchev–Trinajstić information content (AvgIpc) is 3.33. The summed E-state index contributed by atoms with van der Waals surface area (Å²) in [4.78, 5) is 19.7. The second-order valence-electron chi connectivity index (χ2n) is 9.83. The first-order valence-electron chi connectivity index (χ1n) is 11.4. The lowest BCUT2D eigenvalue weighted by Crippen LogP contribution is -2.49. The van der Waals surface area contributed by atoms with Gasteiger partial charge in [-0.25, -0.2) is 0 Å². The van der Waals surface area contributed by atoms with E-state index in [2.05, 4.69) is 33.9 Å². The standard InChI is InChI=1S/C22H42N4O/c1-18(2)21(27)23-17-20-16-22(20)6-10-24(11-7-22)8-5-9-25-12-14-26(15-13-25)19(3)4/h18-20H,5-17H2,1-4H3,(H,23,27). The van der Waals surface area contributed by atoms with Gasteiger partial charge in [-0.1, -0.05) is 13.8 Å². The van der Waals surface area contributed by atoms with E-state index in [9.17, 15) is 4.79 Å². The second kappa shape index (κ2) is 9.23. The van der Waals surface area contributed by atoms with Crippen LogP contribution in [0.1, 0.15) is 53.4 Å². The predicted octanol–water partition coefficient (Wildman–Crippen LogP) is 2.28. The molecule has 0 aromatic heterocycles. The maximum absolute atomic E-state index is 11.8. The molecule has 1 N–H and O–H groups in total. The summed E-state index contributed by atoms with van der Waals surface area (Å²) in [5.74, 6) is 1.05. The van der Waals surface area contributed by atoms with Crippen LogP contribution >= 0.6 is 0 Å². The molecule has 3 aliphatic rings. The highest BCUT2D eigenvalue weighted by molar-refractivity contribution is 5.77. The van der Waals surface area contributed by atoms with E-state index in [1.54, 1.807) is 0 Å². The van der Waals surface area contributed by atoms with Gasteiger partial charge in [-0.05, 0) is 77.0 Å². The Labute approximate surface area is 166 Å². The van der Waals surface area contributed by atoms with Crippen molar-refractivity contribution in [2.24, 2.45) is 17.3 Å². The third-order valence-corrected chi connectivity index (χ3v) is 7.34. The molecule has 1 aliphatic carbocycles. The fourth-order valence-corrected chi connectivity index (χ4v) is 5.00. The van der Waals surface area contributed by atoms with Gasteiger partial charge in [0.1, 0.15) is 0 Å². The first-order valence-corrected chi connectivity index (χ1v) is 11.4. The summed E-state index contributed by atoms with van der Waals surface area (Å²) in [6.07, 6.45) is 5.31. The largest absolute Gasteiger partial charge is 0.356 e. The molecule has 0 bridgehead atoms. The summed E-state index contributed by atoms with van der Waals surface area (Å²) in [6, 6.07) is 0.692. The molecule has 27 heavy (non-hydrogen) atoms. The van der Waals surface area contributed by atoms with Gasteiger partial charge in [-0.15, -0.1) is 0 Å². The van der Waals surface area contributed by atoms with Crippen LogP contribution in [0.3, 0.4) is 0 Å². The predicted molar refractivity (Wildman–Crippen MR) is 112 cm³/mol. The van der Waals surface area contributed by atoms with Crippen LogP contribution < -0.4 is 5.32 Å². The molecule has 0 aromatic carbocycles. The average molecular weight is 379 g/mol. The monoisotopic (exact) mass is 378 g/mol. The highest BCUT2D eigenvalue weighted by Crippen LogP contribution is 2.59. The zero-order chi connectivity index (χ0) is 19.4. The number of piperidine rings is 1. The number of rotatable bonds is 8. The zero-order valence-corrected chi connectivity index (χ0v) is 18.2. The van der Waals surface area contributed by atoms with E-state index in [4.69, 9.17) is 0 Å². The van der Waals surface area contributed by atoms with Gasteiger partial charge < -0.3 is 15.1 Å². The molecule has 3 rings (SSSR count). The van der Waals surface area contributed by atoms with Crippen LogP contribution in [0.5, 0.6) is 0 Å². The summed E-state index contributed by atoms with van der Waals surface area (Å²) in [7, 11) is 0. The molecule has 0 aromatic rings. The van der Waals surface area contributed by atoms with Gasteiger partial charge in [-0.3, -0.25) is 9.69 Å². The van der Waals surface area contributed by atoms with Gasteiger partial charge in [-0.2, -0.15) is 0 Å². The number of nitrogens with zero attached hydrogens (tertiary/aromatic N) is 3. The van der Waals surface area contributed by atoms with E-state index in [0.717, 1.165) is 12.5 Å². The molecule has 0 radical (unpaired) electrons. The third kappa shape index (κ3) is 5.68. The number of amides is 1. The van der Waals surface area contributed by atoms with E-state index in [-0.39, 0.29) is 11.8 Å². The van der Waals surface area contributed by atoms with E-state index >= 15 is 0 Å². The second-order valence-corrected chi connectivity index (χ2v) is 9.83. The summed E-state index contributed by atoms with van der Waals surface area (Å²) in [6.45, 7) is 19.5. The molecule has 156 valence electrons.